The van der Waals surface area contributed by atoms with E-state index in [2.05, 4.69) is 10.0 Å². The minimum atomic E-state index is -1.21. The van der Waals surface area contributed by atoms with Gasteiger partial charge < -0.3 is 33.7 Å². The van der Waals surface area contributed by atoms with Crippen LogP contribution in [0.1, 0.15) is 31.1 Å². The lowest BCUT2D eigenvalue weighted by molar-refractivity contribution is -0.243. The summed E-state index contributed by atoms with van der Waals surface area (Å²) in [5.41, 5.74) is 8.46. The number of likely N-dealkylation sites (N-methyl/N-ethyl adjacent to an activating group) is 1. The molecule has 1 aliphatic rings. The van der Waals surface area contributed by atoms with E-state index in [0.29, 0.717) is 0 Å². The Morgan fingerprint density at radius 1 is 1.22 bits per heavy atom. The summed E-state index contributed by atoms with van der Waals surface area (Å²) < 4.78 is 27.0. The van der Waals surface area contributed by atoms with Crippen LogP contribution < -0.4 is 4.74 Å². The summed E-state index contributed by atoms with van der Waals surface area (Å²) in [6, 6.07) is 4.19. The Bertz CT molecular complexity index is 982. The maximum Gasteiger partial charge on any atom is 0.339 e. The van der Waals surface area contributed by atoms with Crippen LogP contribution in [0.25, 0.3) is 10.4 Å². The molecule has 1 saturated heterocycles. The first-order valence-corrected chi connectivity index (χ1v) is 11.3. The van der Waals surface area contributed by atoms with E-state index in [1.54, 1.807) is 20.9 Å². The molecule has 13 heteroatoms. The second-order valence-electron chi connectivity index (χ2n) is 8.33. The van der Waals surface area contributed by atoms with E-state index in [9.17, 15) is 19.5 Å². The molecule has 0 unspecified atom stereocenters. The van der Waals surface area contributed by atoms with Crippen molar-refractivity contribution in [2.24, 2.45) is 17.0 Å². The number of azide groups is 1. The molecule has 0 aliphatic carbocycles. The zero-order valence-corrected chi connectivity index (χ0v) is 20.9. The van der Waals surface area contributed by atoms with E-state index in [0.717, 1.165) is 0 Å². The van der Waals surface area contributed by atoms with Gasteiger partial charge in [-0.1, -0.05) is 19.0 Å². The number of esters is 2. The molecule has 198 valence electrons. The van der Waals surface area contributed by atoms with Crippen molar-refractivity contribution in [2.45, 2.75) is 39.3 Å². The topological polar surface area (TPSA) is 170 Å². The zero-order valence-electron chi connectivity index (χ0n) is 20.9. The molecule has 36 heavy (non-hydrogen) atoms. The quantitative estimate of drug-likeness (QED) is 0.155. The van der Waals surface area contributed by atoms with Gasteiger partial charge in [0.05, 0.1) is 20.3 Å². The van der Waals surface area contributed by atoms with Crippen molar-refractivity contribution in [2.75, 3.05) is 40.5 Å². The third kappa shape index (κ3) is 7.48. The second-order valence-corrected chi connectivity index (χ2v) is 8.33. The van der Waals surface area contributed by atoms with Crippen molar-refractivity contribution in [1.29, 1.82) is 0 Å². The SMILES string of the molecule is COC(=O)[C@H]1O[C@@H](Oc2ccc(C(=O)N(C)CCOCCN=[N+]=[N-])cc2O)[C@H](C)[C@@H](C)[C@@H]1OC(C)=O. The molecule has 1 aliphatic heterocycles. The van der Waals surface area contributed by atoms with Crippen LogP contribution in [0.3, 0.4) is 0 Å². The fraction of sp³-hybridized carbons (Fsp3) is 0.609. The third-order valence-electron chi connectivity index (χ3n) is 5.86. The standard InChI is InChI=1S/C23H32N4O9/c1-13-14(2)23(36-20(22(31)32-5)19(13)34-15(3)28)35-18-7-6-16(12-17(18)29)21(30)27(4)9-11-33-10-8-25-26-24/h6-7,12-14,19-20,23,29H,8-11H2,1-5H3/t13-,14-,19+,20+,23-/m1/s1. The molecule has 1 amide bonds. The molecule has 0 aromatic heterocycles. The molecule has 1 fully saturated rings. The highest BCUT2D eigenvalue weighted by atomic mass is 16.7. The van der Waals surface area contributed by atoms with Crippen LogP contribution >= 0.6 is 0 Å². The Labute approximate surface area is 208 Å². The van der Waals surface area contributed by atoms with Crippen LogP contribution in [0.5, 0.6) is 11.5 Å². The summed E-state index contributed by atoms with van der Waals surface area (Å²) in [6.45, 7) is 5.84. The van der Waals surface area contributed by atoms with Crippen molar-refractivity contribution in [3.8, 4) is 11.5 Å². The number of methoxy groups -OCH3 is 1. The van der Waals surface area contributed by atoms with Gasteiger partial charge in [-0.2, -0.15) is 0 Å². The van der Waals surface area contributed by atoms with Gasteiger partial charge in [-0.25, -0.2) is 4.79 Å². The van der Waals surface area contributed by atoms with Crippen LogP contribution in [0.4, 0.5) is 0 Å². The zero-order chi connectivity index (χ0) is 26.8. The Balaban J connectivity index is 2.06. The lowest BCUT2D eigenvalue weighted by Gasteiger charge is -2.42. The molecule has 0 saturated carbocycles. The number of aromatic hydroxyl groups is 1. The second kappa shape index (κ2) is 13.5. The van der Waals surface area contributed by atoms with Crippen LogP contribution in [-0.4, -0.2) is 86.8 Å². The molecule has 1 heterocycles. The van der Waals surface area contributed by atoms with Crippen LogP contribution in [0, 0.1) is 11.8 Å². The van der Waals surface area contributed by atoms with E-state index < -0.39 is 30.4 Å². The highest BCUT2D eigenvalue weighted by Crippen LogP contribution is 2.37. The van der Waals surface area contributed by atoms with Crippen molar-refractivity contribution in [3.63, 3.8) is 0 Å². The number of ether oxygens (including phenoxy) is 5. The molecular formula is C23H32N4O9. The number of phenols is 1. The van der Waals surface area contributed by atoms with Crippen LogP contribution in [0.2, 0.25) is 0 Å². The number of carbonyl (C=O) groups excluding carboxylic acids is 3. The van der Waals surface area contributed by atoms with E-state index in [1.807, 2.05) is 0 Å². The van der Waals surface area contributed by atoms with Gasteiger partial charge in [-0.15, -0.1) is 0 Å². The highest BCUT2D eigenvalue weighted by molar-refractivity contribution is 5.94. The van der Waals surface area contributed by atoms with E-state index >= 15 is 0 Å². The first-order valence-electron chi connectivity index (χ1n) is 11.3. The van der Waals surface area contributed by atoms with E-state index in [4.69, 9.17) is 29.2 Å². The molecule has 1 aromatic carbocycles. The number of phenolic OH excluding ortho intramolecular Hbond substituents is 1. The van der Waals surface area contributed by atoms with Gasteiger partial charge in [0.25, 0.3) is 5.91 Å². The molecule has 13 nitrogen and oxygen atoms in total. The van der Waals surface area contributed by atoms with Gasteiger partial charge in [0.1, 0.15) is 6.10 Å². The Hall–Kier alpha value is -3.54. The summed E-state index contributed by atoms with van der Waals surface area (Å²) in [6.07, 6.45) is -3.04. The lowest BCUT2D eigenvalue weighted by atomic mass is 9.84. The minimum absolute atomic E-state index is 0.0502. The van der Waals surface area contributed by atoms with Crippen molar-refractivity contribution in [1.82, 2.24) is 4.90 Å². The largest absolute Gasteiger partial charge is 0.504 e. The Morgan fingerprint density at radius 2 is 1.94 bits per heavy atom. The summed E-state index contributed by atoms with van der Waals surface area (Å²) in [7, 11) is 2.79. The molecule has 5 atom stereocenters. The average molecular weight is 509 g/mol. The minimum Gasteiger partial charge on any atom is -0.504 e. The lowest BCUT2D eigenvalue weighted by Crippen LogP contribution is -2.55. The summed E-state index contributed by atoms with van der Waals surface area (Å²) >= 11 is 0. The van der Waals surface area contributed by atoms with Crippen molar-refractivity contribution in [3.05, 3.63) is 34.2 Å². The smallest absolute Gasteiger partial charge is 0.339 e. The van der Waals surface area contributed by atoms with Gasteiger partial charge in [0.2, 0.25) is 6.29 Å². The molecule has 1 N–H and O–H groups in total. The van der Waals surface area contributed by atoms with E-state index in [1.165, 1.54) is 37.1 Å². The summed E-state index contributed by atoms with van der Waals surface area (Å²) in [5, 5.41) is 13.9. The van der Waals surface area contributed by atoms with Crippen LogP contribution in [0.15, 0.2) is 23.3 Å². The average Bonchev–Trinajstić information content (AvgIpc) is 2.85. The number of carbonyl (C=O) groups is 3. The van der Waals surface area contributed by atoms with Crippen molar-refractivity contribution < 1.29 is 43.2 Å². The number of rotatable bonds is 11. The monoisotopic (exact) mass is 508 g/mol. The number of benzene rings is 1. The van der Waals surface area contributed by atoms with Gasteiger partial charge >= 0.3 is 11.9 Å². The normalized spacial score (nSPS) is 23.2. The van der Waals surface area contributed by atoms with E-state index in [-0.39, 0.29) is 61.1 Å². The maximum absolute atomic E-state index is 12.7. The summed E-state index contributed by atoms with van der Waals surface area (Å²) in [4.78, 5) is 40.5. The van der Waals surface area contributed by atoms with Gasteiger partial charge in [-0.3, -0.25) is 9.59 Å². The third-order valence-corrected chi connectivity index (χ3v) is 5.86. The predicted molar refractivity (Wildman–Crippen MR) is 125 cm³/mol. The van der Waals surface area contributed by atoms with Crippen LogP contribution in [-0.2, 0) is 28.5 Å². The Kier molecular flexibility index (Phi) is 10.8. The Morgan fingerprint density at radius 3 is 2.56 bits per heavy atom. The highest BCUT2D eigenvalue weighted by Gasteiger charge is 2.48. The van der Waals surface area contributed by atoms with Gasteiger partial charge in [0.15, 0.2) is 17.6 Å². The number of hydrogen-bond acceptors (Lipinski definition) is 10. The van der Waals surface area contributed by atoms with Gasteiger partial charge in [0, 0.05) is 49.4 Å². The molecule has 0 spiro atoms. The fourth-order valence-electron chi connectivity index (χ4n) is 3.62. The molecule has 2 rings (SSSR count). The van der Waals surface area contributed by atoms with Crippen molar-refractivity contribution >= 4 is 17.8 Å². The first-order chi connectivity index (χ1) is 17.1. The number of hydrogen-bond donors (Lipinski definition) is 1. The van der Waals surface area contributed by atoms with Gasteiger partial charge in [-0.05, 0) is 23.7 Å². The predicted octanol–water partition coefficient (Wildman–Crippen LogP) is 2.27. The number of amides is 1. The maximum atomic E-state index is 12.7. The fourth-order valence-corrected chi connectivity index (χ4v) is 3.62. The summed E-state index contributed by atoms with van der Waals surface area (Å²) in [5.74, 6) is -2.53. The number of nitrogens with zero attached hydrogens (tertiary/aromatic N) is 4. The molecule has 1 aromatic rings. The molecule has 0 bridgehead atoms. The molecular weight excluding hydrogens is 476 g/mol. The first kappa shape index (κ1) is 28.7. The molecule has 0 radical (unpaired) electrons.